The van der Waals surface area contributed by atoms with Crippen LogP contribution in [-0.2, 0) is 16.4 Å². The topological polar surface area (TPSA) is 29.1 Å². The molecule has 1 heterocycles. The van der Waals surface area contributed by atoms with E-state index in [9.17, 15) is 18.0 Å². The standard InChI is InChI=1S/C11H10F3NO/c1-10(2)7-4-3-6(11(12,13)14)5-8(7)15-9(10)16/h3-5H,1-2H3,(H,15,16). The Kier molecular flexibility index (Phi) is 2.05. The van der Waals surface area contributed by atoms with Gasteiger partial charge < -0.3 is 5.32 Å². The number of alkyl halides is 3. The molecule has 0 aliphatic carbocycles. The number of fused-ring (bicyclic) bond motifs is 1. The summed E-state index contributed by atoms with van der Waals surface area (Å²) in [5, 5.41) is 2.46. The van der Waals surface area contributed by atoms with Gasteiger partial charge in [-0.1, -0.05) is 6.07 Å². The van der Waals surface area contributed by atoms with Gasteiger partial charge in [0.2, 0.25) is 5.91 Å². The highest BCUT2D eigenvalue weighted by Crippen LogP contribution is 2.40. The monoisotopic (exact) mass is 229 g/mol. The summed E-state index contributed by atoms with van der Waals surface area (Å²) < 4.78 is 37.3. The van der Waals surface area contributed by atoms with Gasteiger partial charge in [-0.05, 0) is 31.5 Å². The van der Waals surface area contributed by atoms with Crippen LogP contribution >= 0.6 is 0 Å². The highest BCUT2D eigenvalue weighted by molar-refractivity contribution is 6.05. The highest BCUT2D eigenvalue weighted by atomic mass is 19.4. The number of hydrogen-bond acceptors (Lipinski definition) is 1. The molecule has 5 heteroatoms. The molecule has 1 N–H and O–H groups in total. The van der Waals surface area contributed by atoms with Gasteiger partial charge in [0.1, 0.15) is 0 Å². The van der Waals surface area contributed by atoms with Crippen molar-refractivity contribution in [1.82, 2.24) is 0 Å². The number of hydrogen-bond donors (Lipinski definition) is 1. The number of anilines is 1. The lowest BCUT2D eigenvalue weighted by atomic mass is 9.86. The lowest BCUT2D eigenvalue weighted by Gasteiger charge is -2.15. The third-order valence-corrected chi connectivity index (χ3v) is 2.84. The van der Waals surface area contributed by atoms with Crippen molar-refractivity contribution in [3.05, 3.63) is 29.3 Å². The second kappa shape index (κ2) is 2.99. The lowest BCUT2D eigenvalue weighted by Crippen LogP contribution is -2.26. The summed E-state index contributed by atoms with van der Waals surface area (Å²) in [4.78, 5) is 11.5. The molecule has 2 nitrogen and oxygen atoms in total. The molecule has 86 valence electrons. The first-order valence-corrected chi connectivity index (χ1v) is 4.76. The first-order valence-electron chi connectivity index (χ1n) is 4.76. The molecular formula is C11H10F3NO. The zero-order valence-corrected chi connectivity index (χ0v) is 8.77. The van der Waals surface area contributed by atoms with Gasteiger partial charge in [0.15, 0.2) is 0 Å². The van der Waals surface area contributed by atoms with Crippen molar-refractivity contribution in [3.8, 4) is 0 Å². The molecule has 0 radical (unpaired) electrons. The van der Waals surface area contributed by atoms with E-state index in [-0.39, 0.29) is 11.6 Å². The second-order valence-electron chi connectivity index (χ2n) is 4.34. The van der Waals surface area contributed by atoms with Crippen LogP contribution in [-0.4, -0.2) is 5.91 Å². The van der Waals surface area contributed by atoms with E-state index in [0.717, 1.165) is 12.1 Å². The first kappa shape index (κ1) is 11.0. The minimum Gasteiger partial charge on any atom is -0.325 e. The van der Waals surface area contributed by atoms with Crippen molar-refractivity contribution in [3.63, 3.8) is 0 Å². The predicted molar refractivity (Wildman–Crippen MR) is 53.1 cm³/mol. The quantitative estimate of drug-likeness (QED) is 0.728. The van der Waals surface area contributed by atoms with Gasteiger partial charge in [0, 0.05) is 5.69 Å². The number of rotatable bonds is 0. The summed E-state index contributed by atoms with van der Waals surface area (Å²) in [6.45, 7) is 3.36. The van der Waals surface area contributed by atoms with Crippen LogP contribution in [0.25, 0.3) is 0 Å². The summed E-state index contributed by atoms with van der Waals surface area (Å²) in [6, 6.07) is 3.33. The van der Waals surface area contributed by atoms with Crippen LogP contribution in [0.15, 0.2) is 18.2 Å². The normalized spacial score (nSPS) is 18.2. The molecule has 0 atom stereocenters. The third-order valence-electron chi connectivity index (χ3n) is 2.84. The number of halogens is 3. The molecule has 16 heavy (non-hydrogen) atoms. The van der Waals surface area contributed by atoms with Crippen LogP contribution in [0.5, 0.6) is 0 Å². The van der Waals surface area contributed by atoms with Gasteiger partial charge >= 0.3 is 6.18 Å². The fraction of sp³-hybridized carbons (Fsp3) is 0.364. The fourth-order valence-electron chi connectivity index (χ4n) is 1.77. The van der Waals surface area contributed by atoms with E-state index in [1.165, 1.54) is 6.07 Å². The van der Waals surface area contributed by atoms with E-state index < -0.39 is 17.2 Å². The summed E-state index contributed by atoms with van der Waals surface area (Å²) in [6.07, 6.45) is -4.38. The van der Waals surface area contributed by atoms with E-state index in [4.69, 9.17) is 0 Å². The Labute approximate surface area is 90.5 Å². The number of amides is 1. The lowest BCUT2D eigenvalue weighted by molar-refractivity contribution is -0.137. The minimum atomic E-state index is -4.38. The smallest absolute Gasteiger partial charge is 0.325 e. The molecule has 0 saturated heterocycles. The van der Waals surface area contributed by atoms with E-state index >= 15 is 0 Å². The van der Waals surface area contributed by atoms with Crippen molar-refractivity contribution in [2.24, 2.45) is 0 Å². The van der Waals surface area contributed by atoms with Crippen LogP contribution in [0.3, 0.4) is 0 Å². The van der Waals surface area contributed by atoms with Crippen LogP contribution in [0.2, 0.25) is 0 Å². The average Bonchev–Trinajstić information content (AvgIpc) is 2.36. The van der Waals surface area contributed by atoms with E-state index in [1.807, 2.05) is 0 Å². The Bertz CT molecular complexity index is 463. The second-order valence-corrected chi connectivity index (χ2v) is 4.34. The van der Waals surface area contributed by atoms with Crippen molar-refractivity contribution < 1.29 is 18.0 Å². The molecule has 1 aromatic rings. The maximum atomic E-state index is 12.4. The largest absolute Gasteiger partial charge is 0.416 e. The summed E-state index contributed by atoms with van der Waals surface area (Å²) in [5.74, 6) is -0.276. The third kappa shape index (κ3) is 1.47. The molecule has 0 spiro atoms. The van der Waals surface area contributed by atoms with E-state index in [2.05, 4.69) is 5.32 Å². The Morgan fingerprint density at radius 1 is 1.25 bits per heavy atom. The fourth-order valence-corrected chi connectivity index (χ4v) is 1.77. The van der Waals surface area contributed by atoms with Gasteiger partial charge in [0.05, 0.1) is 11.0 Å². The minimum absolute atomic E-state index is 0.254. The van der Waals surface area contributed by atoms with Gasteiger partial charge in [-0.2, -0.15) is 13.2 Å². The van der Waals surface area contributed by atoms with Crippen LogP contribution < -0.4 is 5.32 Å². The Morgan fingerprint density at radius 3 is 2.44 bits per heavy atom. The molecule has 0 aromatic heterocycles. The number of carbonyl (C=O) groups excluding carboxylic acids is 1. The Balaban J connectivity index is 2.53. The molecule has 0 saturated carbocycles. The van der Waals surface area contributed by atoms with E-state index in [1.54, 1.807) is 13.8 Å². The zero-order chi connectivity index (χ0) is 12.1. The average molecular weight is 229 g/mol. The molecule has 2 rings (SSSR count). The molecule has 1 amide bonds. The maximum absolute atomic E-state index is 12.4. The molecule has 0 unspecified atom stereocenters. The summed E-state index contributed by atoms with van der Waals surface area (Å²) in [7, 11) is 0. The number of benzene rings is 1. The number of nitrogens with one attached hydrogen (secondary N) is 1. The van der Waals surface area contributed by atoms with Crippen molar-refractivity contribution in [2.75, 3.05) is 5.32 Å². The molecule has 0 fully saturated rings. The van der Waals surface area contributed by atoms with Crippen LogP contribution in [0.1, 0.15) is 25.0 Å². The molecule has 1 aliphatic rings. The maximum Gasteiger partial charge on any atom is 0.416 e. The van der Waals surface area contributed by atoms with Gasteiger partial charge in [-0.15, -0.1) is 0 Å². The molecule has 1 aromatic carbocycles. The molecular weight excluding hydrogens is 219 g/mol. The SMILES string of the molecule is CC1(C)C(=O)Nc2cc(C(F)(F)F)ccc21. The Hall–Kier alpha value is -1.52. The van der Waals surface area contributed by atoms with Crippen molar-refractivity contribution in [2.45, 2.75) is 25.4 Å². The molecule has 0 bridgehead atoms. The van der Waals surface area contributed by atoms with Gasteiger partial charge in [-0.3, -0.25) is 4.79 Å². The zero-order valence-electron chi connectivity index (χ0n) is 8.77. The van der Waals surface area contributed by atoms with E-state index in [0.29, 0.717) is 5.56 Å². The highest BCUT2D eigenvalue weighted by Gasteiger charge is 2.40. The Morgan fingerprint density at radius 2 is 1.88 bits per heavy atom. The van der Waals surface area contributed by atoms with Crippen LogP contribution in [0, 0.1) is 0 Å². The first-order chi connectivity index (χ1) is 7.23. The molecule has 1 aliphatic heterocycles. The van der Waals surface area contributed by atoms with Crippen LogP contribution in [0.4, 0.5) is 18.9 Å². The van der Waals surface area contributed by atoms with Gasteiger partial charge in [-0.25, -0.2) is 0 Å². The van der Waals surface area contributed by atoms with Crippen molar-refractivity contribution >= 4 is 11.6 Å². The summed E-state index contributed by atoms with van der Waals surface area (Å²) >= 11 is 0. The van der Waals surface area contributed by atoms with Crippen molar-refractivity contribution in [1.29, 1.82) is 0 Å². The predicted octanol–water partition coefficient (Wildman–Crippen LogP) is 2.94. The van der Waals surface area contributed by atoms with Gasteiger partial charge in [0.25, 0.3) is 0 Å². The summed E-state index contributed by atoms with van der Waals surface area (Å²) in [5.41, 5.74) is -0.654. The number of carbonyl (C=O) groups is 1.